The molecule has 0 amide bonds. The molecule has 0 atom stereocenters. The molecule has 2 aromatic rings. The monoisotopic (exact) mass is 352 g/mol. The standard InChI is InChI=1S/C17H14Cl2O4/c1-21-13-6-3-11(16(10-13)22-2)4-8-17(20)23-15-7-5-12(18)9-14(15)19/h3-10H,1-2H3/b8-4+. The number of carbonyl (C=O) groups is 1. The number of hydrogen-bond donors (Lipinski definition) is 0. The van der Waals surface area contributed by atoms with Gasteiger partial charge in [0.2, 0.25) is 0 Å². The minimum absolute atomic E-state index is 0.243. The Balaban J connectivity index is 2.12. The highest BCUT2D eigenvalue weighted by Gasteiger charge is 2.07. The van der Waals surface area contributed by atoms with Gasteiger partial charge in [-0.05, 0) is 36.4 Å². The third-order valence-corrected chi connectivity index (χ3v) is 3.47. The second-order valence-electron chi connectivity index (χ2n) is 4.44. The van der Waals surface area contributed by atoms with Crippen LogP contribution in [-0.4, -0.2) is 20.2 Å². The summed E-state index contributed by atoms with van der Waals surface area (Å²) in [5, 5.41) is 0.731. The summed E-state index contributed by atoms with van der Waals surface area (Å²) in [6, 6.07) is 9.89. The van der Waals surface area contributed by atoms with Crippen molar-refractivity contribution >= 4 is 35.2 Å². The third kappa shape index (κ3) is 4.65. The molecular weight excluding hydrogens is 339 g/mol. The van der Waals surface area contributed by atoms with Crippen molar-refractivity contribution in [3.63, 3.8) is 0 Å². The first kappa shape index (κ1) is 17.2. The summed E-state index contributed by atoms with van der Waals surface area (Å²) < 4.78 is 15.5. The number of hydrogen-bond acceptors (Lipinski definition) is 4. The van der Waals surface area contributed by atoms with Crippen molar-refractivity contribution in [3.05, 3.63) is 58.1 Å². The Kier molecular flexibility index (Phi) is 5.90. The van der Waals surface area contributed by atoms with Gasteiger partial charge in [0.15, 0.2) is 0 Å². The van der Waals surface area contributed by atoms with E-state index in [0.717, 1.165) is 0 Å². The number of benzene rings is 2. The molecule has 6 heteroatoms. The average Bonchev–Trinajstić information content (AvgIpc) is 2.55. The first-order valence-electron chi connectivity index (χ1n) is 6.60. The molecule has 4 nitrogen and oxygen atoms in total. The van der Waals surface area contributed by atoms with Crippen LogP contribution in [-0.2, 0) is 4.79 Å². The maximum Gasteiger partial charge on any atom is 0.336 e. The summed E-state index contributed by atoms with van der Waals surface area (Å²) in [4.78, 5) is 11.9. The number of carbonyl (C=O) groups excluding carboxylic acids is 1. The summed E-state index contributed by atoms with van der Waals surface area (Å²) >= 11 is 11.7. The van der Waals surface area contributed by atoms with Gasteiger partial charge in [-0.1, -0.05) is 23.2 Å². The van der Waals surface area contributed by atoms with Crippen LogP contribution in [0.3, 0.4) is 0 Å². The Bertz CT molecular complexity index is 741. The predicted molar refractivity (Wildman–Crippen MR) is 90.7 cm³/mol. The van der Waals surface area contributed by atoms with Crippen LogP contribution in [0.1, 0.15) is 5.56 Å². The van der Waals surface area contributed by atoms with E-state index in [4.69, 9.17) is 37.4 Å². The van der Waals surface area contributed by atoms with E-state index < -0.39 is 5.97 Å². The average molecular weight is 353 g/mol. The van der Waals surface area contributed by atoms with E-state index in [0.29, 0.717) is 22.1 Å². The Hall–Kier alpha value is -2.17. The number of rotatable bonds is 5. The number of halogens is 2. The molecular formula is C17H14Cl2O4. The first-order valence-corrected chi connectivity index (χ1v) is 7.36. The topological polar surface area (TPSA) is 44.8 Å². The quantitative estimate of drug-likeness (QED) is 0.447. The van der Waals surface area contributed by atoms with Crippen LogP contribution < -0.4 is 14.2 Å². The fourth-order valence-electron chi connectivity index (χ4n) is 1.81. The van der Waals surface area contributed by atoms with Crippen LogP contribution in [0.4, 0.5) is 0 Å². The van der Waals surface area contributed by atoms with Crippen molar-refractivity contribution in [2.75, 3.05) is 14.2 Å². The van der Waals surface area contributed by atoms with Gasteiger partial charge in [-0.25, -0.2) is 4.79 Å². The van der Waals surface area contributed by atoms with Gasteiger partial charge in [0.05, 0.1) is 19.2 Å². The largest absolute Gasteiger partial charge is 0.497 e. The molecule has 0 bridgehead atoms. The van der Waals surface area contributed by atoms with E-state index in [1.54, 1.807) is 37.5 Å². The van der Waals surface area contributed by atoms with Gasteiger partial charge < -0.3 is 14.2 Å². The molecule has 0 aliphatic rings. The van der Waals surface area contributed by atoms with Crippen molar-refractivity contribution in [1.82, 2.24) is 0 Å². The lowest BCUT2D eigenvalue weighted by atomic mass is 10.2. The second-order valence-corrected chi connectivity index (χ2v) is 5.28. The van der Waals surface area contributed by atoms with Gasteiger partial charge >= 0.3 is 5.97 Å². The molecule has 0 heterocycles. The number of ether oxygens (including phenoxy) is 3. The van der Waals surface area contributed by atoms with Crippen molar-refractivity contribution in [2.45, 2.75) is 0 Å². The zero-order chi connectivity index (χ0) is 16.8. The summed E-state index contributed by atoms with van der Waals surface area (Å²) in [5.74, 6) is 0.923. The van der Waals surface area contributed by atoms with E-state index in [-0.39, 0.29) is 10.8 Å². The number of esters is 1. The summed E-state index contributed by atoms with van der Waals surface area (Å²) in [7, 11) is 3.11. The lowest BCUT2D eigenvalue weighted by Gasteiger charge is -2.07. The van der Waals surface area contributed by atoms with Crippen LogP contribution in [0.2, 0.25) is 10.0 Å². The summed E-state index contributed by atoms with van der Waals surface area (Å²) in [6.07, 6.45) is 2.87. The van der Waals surface area contributed by atoms with E-state index in [2.05, 4.69) is 0 Å². The Morgan fingerprint density at radius 2 is 1.78 bits per heavy atom. The molecule has 2 rings (SSSR count). The normalized spacial score (nSPS) is 10.6. The Morgan fingerprint density at radius 1 is 1.00 bits per heavy atom. The van der Waals surface area contributed by atoms with Gasteiger partial charge in [-0.15, -0.1) is 0 Å². The maximum atomic E-state index is 11.9. The van der Waals surface area contributed by atoms with Crippen molar-refractivity contribution < 1.29 is 19.0 Å². The van der Waals surface area contributed by atoms with Gasteiger partial charge in [-0.2, -0.15) is 0 Å². The molecule has 0 radical (unpaired) electrons. The fraction of sp³-hybridized carbons (Fsp3) is 0.118. The summed E-state index contributed by atoms with van der Waals surface area (Å²) in [6.45, 7) is 0. The van der Waals surface area contributed by atoms with Crippen LogP contribution >= 0.6 is 23.2 Å². The molecule has 0 aromatic heterocycles. The van der Waals surface area contributed by atoms with Crippen molar-refractivity contribution in [2.24, 2.45) is 0 Å². The molecule has 0 aliphatic heterocycles. The SMILES string of the molecule is COc1ccc(/C=C/C(=O)Oc2ccc(Cl)cc2Cl)c(OC)c1. The van der Waals surface area contributed by atoms with Gasteiger partial charge in [-0.3, -0.25) is 0 Å². The molecule has 23 heavy (non-hydrogen) atoms. The van der Waals surface area contributed by atoms with E-state index >= 15 is 0 Å². The van der Waals surface area contributed by atoms with Crippen LogP contribution in [0.15, 0.2) is 42.5 Å². The van der Waals surface area contributed by atoms with Gasteiger partial charge in [0.25, 0.3) is 0 Å². The van der Waals surface area contributed by atoms with Gasteiger partial charge in [0.1, 0.15) is 17.2 Å². The molecule has 0 aliphatic carbocycles. The molecule has 120 valence electrons. The van der Waals surface area contributed by atoms with E-state index in [1.807, 2.05) is 0 Å². The molecule has 0 saturated carbocycles. The highest BCUT2D eigenvalue weighted by Crippen LogP contribution is 2.28. The lowest BCUT2D eigenvalue weighted by Crippen LogP contribution is -2.04. The highest BCUT2D eigenvalue weighted by atomic mass is 35.5. The zero-order valence-electron chi connectivity index (χ0n) is 12.5. The minimum Gasteiger partial charge on any atom is -0.497 e. The zero-order valence-corrected chi connectivity index (χ0v) is 14.0. The van der Waals surface area contributed by atoms with E-state index in [1.165, 1.54) is 25.3 Å². The highest BCUT2D eigenvalue weighted by molar-refractivity contribution is 6.35. The minimum atomic E-state index is -0.563. The second kappa shape index (κ2) is 7.90. The van der Waals surface area contributed by atoms with Crippen LogP contribution in [0, 0.1) is 0 Å². The maximum absolute atomic E-state index is 11.9. The Morgan fingerprint density at radius 3 is 2.43 bits per heavy atom. The third-order valence-electron chi connectivity index (χ3n) is 2.94. The fourth-order valence-corrected chi connectivity index (χ4v) is 2.26. The molecule has 0 spiro atoms. The van der Waals surface area contributed by atoms with Gasteiger partial charge in [0, 0.05) is 22.7 Å². The van der Waals surface area contributed by atoms with Crippen LogP contribution in [0.25, 0.3) is 6.08 Å². The molecule has 0 fully saturated rings. The van der Waals surface area contributed by atoms with Crippen molar-refractivity contribution in [1.29, 1.82) is 0 Å². The first-order chi connectivity index (χ1) is 11.0. The molecule has 0 saturated heterocycles. The van der Waals surface area contributed by atoms with E-state index in [9.17, 15) is 4.79 Å². The summed E-state index contributed by atoms with van der Waals surface area (Å²) in [5.41, 5.74) is 0.715. The lowest BCUT2D eigenvalue weighted by molar-refractivity contribution is -0.128. The molecule has 0 unspecified atom stereocenters. The van der Waals surface area contributed by atoms with Crippen molar-refractivity contribution in [3.8, 4) is 17.2 Å². The molecule has 2 aromatic carbocycles. The number of methoxy groups -OCH3 is 2. The molecule has 0 N–H and O–H groups in total. The smallest absolute Gasteiger partial charge is 0.336 e. The predicted octanol–water partition coefficient (Wildman–Crippen LogP) is 4.63. The van der Waals surface area contributed by atoms with Crippen LogP contribution in [0.5, 0.6) is 17.2 Å². The Labute approximate surface area is 144 Å².